The van der Waals surface area contributed by atoms with Crippen molar-refractivity contribution < 1.29 is 29.1 Å². The highest BCUT2D eigenvalue weighted by Gasteiger charge is 2.25. The molecule has 0 heterocycles. The zero-order valence-corrected chi connectivity index (χ0v) is 11.6. The molecule has 0 fully saturated rings. The topological polar surface area (TPSA) is 168 Å². The molecule has 0 spiro atoms. The molecule has 0 saturated heterocycles. The molecule has 6 N–H and O–H groups in total. The Kier molecular flexibility index (Phi) is 7.43. The number of hydrogen-bond acceptors (Lipinski definition) is 5. The molecular formula is C11H18N4O6. The lowest BCUT2D eigenvalue weighted by Crippen LogP contribution is -2.52. The monoisotopic (exact) mass is 302 g/mol. The summed E-state index contributed by atoms with van der Waals surface area (Å²) in [6.07, 6.45) is -0.562. The molecule has 2 unspecified atom stereocenters. The number of hydrogen-bond donors (Lipinski definition) is 5. The molecule has 0 radical (unpaired) electrons. The van der Waals surface area contributed by atoms with E-state index in [2.05, 4.69) is 16.0 Å². The number of carbonyl (C=O) groups is 5. The zero-order chi connectivity index (χ0) is 16.6. The van der Waals surface area contributed by atoms with E-state index >= 15 is 0 Å². The highest BCUT2D eigenvalue weighted by molar-refractivity contribution is 5.92. The Hall–Kier alpha value is -2.65. The second kappa shape index (κ2) is 8.51. The summed E-state index contributed by atoms with van der Waals surface area (Å²) in [5.74, 6) is -4.12. The number of carbonyl (C=O) groups excluding carboxylic acids is 4. The molecule has 4 amide bonds. The molecule has 0 aromatic carbocycles. The van der Waals surface area contributed by atoms with Gasteiger partial charge in [0.15, 0.2) is 0 Å². The predicted molar refractivity (Wildman–Crippen MR) is 69.7 cm³/mol. The number of rotatable bonds is 8. The molecule has 118 valence electrons. The van der Waals surface area contributed by atoms with Crippen molar-refractivity contribution in [1.82, 2.24) is 16.0 Å². The van der Waals surface area contributed by atoms with Crippen molar-refractivity contribution in [3.63, 3.8) is 0 Å². The van der Waals surface area contributed by atoms with Gasteiger partial charge in [0.2, 0.25) is 23.6 Å². The summed E-state index contributed by atoms with van der Waals surface area (Å²) in [6, 6.07) is -2.51. The third-order valence-corrected chi connectivity index (χ3v) is 2.29. The third kappa shape index (κ3) is 8.18. The molecule has 0 aliphatic heterocycles. The van der Waals surface area contributed by atoms with Crippen LogP contribution in [0.1, 0.15) is 20.3 Å². The minimum atomic E-state index is -1.47. The quantitative estimate of drug-likeness (QED) is 0.321. The third-order valence-electron chi connectivity index (χ3n) is 2.29. The van der Waals surface area contributed by atoms with Crippen LogP contribution in [0, 0.1) is 0 Å². The second-order valence-electron chi connectivity index (χ2n) is 4.27. The minimum absolute atomic E-state index is 0.309. The molecule has 0 aliphatic carbocycles. The average Bonchev–Trinajstić information content (AvgIpc) is 2.34. The summed E-state index contributed by atoms with van der Waals surface area (Å²) in [5, 5.41) is 15.4. The van der Waals surface area contributed by atoms with Gasteiger partial charge < -0.3 is 26.8 Å². The molecule has 0 aromatic heterocycles. The maximum Gasteiger partial charge on any atom is 0.326 e. The van der Waals surface area contributed by atoms with E-state index in [-0.39, 0.29) is 6.54 Å². The van der Waals surface area contributed by atoms with Crippen LogP contribution >= 0.6 is 0 Å². The number of primary amides is 1. The van der Waals surface area contributed by atoms with E-state index in [0.29, 0.717) is 0 Å². The minimum Gasteiger partial charge on any atom is -0.480 e. The maximum atomic E-state index is 11.7. The summed E-state index contributed by atoms with van der Waals surface area (Å²) in [6.45, 7) is 2.24. The molecule has 0 aromatic rings. The van der Waals surface area contributed by atoms with Crippen LogP contribution in [-0.2, 0) is 24.0 Å². The summed E-state index contributed by atoms with van der Waals surface area (Å²) in [7, 11) is 0. The van der Waals surface area contributed by atoms with Crippen molar-refractivity contribution in [2.75, 3.05) is 6.54 Å². The Bertz CT molecular complexity index is 450. The summed E-state index contributed by atoms with van der Waals surface area (Å²) in [5.41, 5.74) is 4.87. The van der Waals surface area contributed by atoms with Gasteiger partial charge in [-0.25, -0.2) is 4.79 Å². The fraction of sp³-hybridized carbons (Fsp3) is 0.545. The van der Waals surface area contributed by atoms with Gasteiger partial charge in [0.1, 0.15) is 12.1 Å². The van der Waals surface area contributed by atoms with Gasteiger partial charge in [-0.15, -0.1) is 0 Å². The number of nitrogens with two attached hydrogens (primary N) is 1. The molecular weight excluding hydrogens is 284 g/mol. The summed E-state index contributed by atoms with van der Waals surface area (Å²) in [4.78, 5) is 55.2. The number of amides is 4. The fourth-order valence-corrected chi connectivity index (χ4v) is 1.26. The lowest BCUT2D eigenvalue weighted by molar-refractivity contribution is -0.143. The highest BCUT2D eigenvalue weighted by atomic mass is 16.4. The van der Waals surface area contributed by atoms with Crippen LogP contribution in [-0.4, -0.2) is 53.3 Å². The SMILES string of the molecule is CC(=O)NCC(=O)NC(C)C(=O)NC(CC(N)=O)C(=O)O. The van der Waals surface area contributed by atoms with Crippen molar-refractivity contribution in [1.29, 1.82) is 0 Å². The first kappa shape index (κ1) is 18.4. The Balaban J connectivity index is 4.42. The first-order valence-corrected chi connectivity index (χ1v) is 5.98. The Morgan fingerprint density at radius 2 is 1.71 bits per heavy atom. The van der Waals surface area contributed by atoms with Crippen molar-refractivity contribution in [2.45, 2.75) is 32.4 Å². The Morgan fingerprint density at radius 1 is 1.14 bits per heavy atom. The molecule has 10 nitrogen and oxygen atoms in total. The van der Waals surface area contributed by atoms with E-state index in [1.807, 2.05) is 0 Å². The van der Waals surface area contributed by atoms with Crippen LogP contribution in [0.25, 0.3) is 0 Å². The van der Waals surface area contributed by atoms with Gasteiger partial charge in [0.25, 0.3) is 0 Å². The second-order valence-corrected chi connectivity index (χ2v) is 4.27. The summed E-state index contributed by atoms with van der Waals surface area (Å²) < 4.78 is 0. The lowest BCUT2D eigenvalue weighted by Gasteiger charge is -2.17. The van der Waals surface area contributed by atoms with E-state index in [4.69, 9.17) is 10.8 Å². The number of carboxylic acids is 1. The average molecular weight is 302 g/mol. The van der Waals surface area contributed by atoms with E-state index in [1.165, 1.54) is 13.8 Å². The predicted octanol–water partition coefficient (Wildman–Crippen LogP) is -2.93. The molecule has 0 aliphatic rings. The van der Waals surface area contributed by atoms with E-state index in [0.717, 1.165) is 0 Å². The van der Waals surface area contributed by atoms with Gasteiger partial charge in [-0.3, -0.25) is 19.2 Å². The molecule has 2 atom stereocenters. The van der Waals surface area contributed by atoms with Gasteiger partial charge in [0.05, 0.1) is 13.0 Å². The molecule has 0 saturated carbocycles. The van der Waals surface area contributed by atoms with Crippen LogP contribution in [0.3, 0.4) is 0 Å². The van der Waals surface area contributed by atoms with Crippen LogP contribution in [0.5, 0.6) is 0 Å². The zero-order valence-electron chi connectivity index (χ0n) is 11.6. The molecule has 0 bridgehead atoms. The van der Waals surface area contributed by atoms with Crippen molar-refractivity contribution in [3.8, 4) is 0 Å². The van der Waals surface area contributed by atoms with E-state index < -0.39 is 48.1 Å². The number of carboxylic acid groups (broad SMARTS) is 1. The van der Waals surface area contributed by atoms with Crippen LogP contribution in [0.4, 0.5) is 0 Å². The number of nitrogens with one attached hydrogen (secondary N) is 3. The number of aliphatic carboxylic acids is 1. The van der Waals surface area contributed by atoms with Gasteiger partial charge in [0, 0.05) is 6.92 Å². The van der Waals surface area contributed by atoms with E-state index in [1.54, 1.807) is 0 Å². The van der Waals surface area contributed by atoms with Crippen molar-refractivity contribution in [2.24, 2.45) is 5.73 Å². The molecule has 0 rings (SSSR count). The maximum absolute atomic E-state index is 11.7. The van der Waals surface area contributed by atoms with Crippen molar-refractivity contribution >= 4 is 29.6 Å². The summed E-state index contributed by atoms with van der Waals surface area (Å²) >= 11 is 0. The Labute approximate surface area is 120 Å². The van der Waals surface area contributed by atoms with Gasteiger partial charge in [-0.05, 0) is 6.92 Å². The first-order chi connectivity index (χ1) is 9.63. The van der Waals surface area contributed by atoms with Crippen LogP contribution in [0.2, 0.25) is 0 Å². The van der Waals surface area contributed by atoms with E-state index in [9.17, 15) is 24.0 Å². The molecule has 10 heteroatoms. The molecule has 21 heavy (non-hydrogen) atoms. The van der Waals surface area contributed by atoms with Gasteiger partial charge in [-0.2, -0.15) is 0 Å². The van der Waals surface area contributed by atoms with Gasteiger partial charge >= 0.3 is 5.97 Å². The van der Waals surface area contributed by atoms with Gasteiger partial charge in [-0.1, -0.05) is 0 Å². The van der Waals surface area contributed by atoms with Crippen LogP contribution < -0.4 is 21.7 Å². The highest BCUT2D eigenvalue weighted by Crippen LogP contribution is 1.94. The standard InChI is InChI=1S/C11H18N4O6/c1-5(14-9(18)4-13-6(2)16)10(19)15-7(11(20)21)3-8(12)17/h5,7H,3-4H2,1-2H3,(H2,12,17)(H,13,16)(H,14,18)(H,15,19)(H,20,21). The largest absolute Gasteiger partial charge is 0.480 e. The smallest absolute Gasteiger partial charge is 0.326 e. The Morgan fingerprint density at radius 3 is 2.14 bits per heavy atom. The van der Waals surface area contributed by atoms with Crippen LogP contribution in [0.15, 0.2) is 0 Å². The normalized spacial score (nSPS) is 12.7. The first-order valence-electron chi connectivity index (χ1n) is 5.98. The fourth-order valence-electron chi connectivity index (χ4n) is 1.26. The lowest BCUT2D eigenvalue weighted by atomic mass is 10.2. The van der Waals surface area contributed by atoms with Crippen molar-refractivity contribution in [3.05, 3.63) is 0 Å².